The molecule has 5 heteroatoms. The van der Waals surface area contributed by atoms with Gasteiger partial charge in [0.15, 0.2) is 0 Å². The molecule has 0 aromatic heterocycles. The van der Waals surface area contributed by atoms with Crippen LogP contribution in [-0.2, 0) is 4.79 Å². The van der Waals surface area contributed by atoms with Crippen LogP contribution in [0.5, 0.6) is 0 Å². The molecule has 0 radical (unpaired) electrons. The summed E-state index contributed by atoms with van der Waals surface area (Å²) in [6.07, 6.45) is 0. The molecule has 0 aliphatic carbocycles. The zero-order valence-corrected chi connectivity index (χ0v) is 4.94. The van der Waals surface area contributed by atoms with E-state index in [0.29, 0.717) is 0 Å². The Bertz CT molecular complexity index is 99.9. The quantitative estimate of drug-likeness (QED) is 0.429. The Morgan fingerprint density at radius 3 is 2.25 bits per heavy atom. The zero-order chi connectivity index (χ0) is 6.57. The van der Waals surface area contributed by atoms with Crippen LogP contribution in [0.25, 0.3) is 0 Å². The number of carbonyl (C=O) groups is 2. The number of carbonyl (C=O) groups excluding carboxylic acids is 2. The zero-order valence-electron chi connectivity index (χ0n) is 4.05. The third-order valence-corrected chi connectivity index (χ3v) is 0.572. The first-order valence-corrected chi connectivity index (χ1v) is 2.32. The van der Waals surface area contributed by atoms with E-state index >= 15 is 0 Å². The summed E-state index contributed by atoms with van der Waals surface area (Å²) in [5.74, 6) is 0. The number of nitrogens with one attached hydrogen (secondary N) is 1. The smallest absolute Gasteiger partial charge is 0.312 e. The van der Waals surface area contributed by atoms with E-state index in [-0.39, 0.29) is 6.54 Å². The summed E-state index contributed by atoms with van der Waals surface area (Å²) in [6, 6.07) is -0.715. The molecule has 0 aromatic rings. The highest BCUT2D eigenvalue weighted by Gasteiger charge is 1.93. The molecule has 3 N–H and O–H groups in total. The monoisotopic (exact) mass is 134 g/mol. The lowest BCUT2D eigenvalue weighted by Gasteiger charge is -1.92. The van der Waals surface area contributed by atoms with Gasteiger partial charge in [-0.15, -0.1) is 12.6 Å². The first-order chi connectivity index (χ1) is 3.63. The molecule has 8 heavy (non-hydrogen) atoms. The Balaban J connectivity index is 3.18. The maximum atomic E-state index is 9.94. The van der Waals surface area contributed by atoms with Crippen LogP contribution >= 0.6 is 12.6 Å². The number of hydrogen-bond acceptors (Lipinski definition) is 2. The molecule has 0 aliphatic rings. The van der Waals surface area contributed by atoms with Gasteiger partial charge in [-0.1, -0.05) is 0 Å². The van der Waals surface area contributed by atoms with Gasteiger partial charge in [-0.2, -0.15) is 0 Å². The molecule has 0 saturated carbocycles. The van der Waals surface area contributed by atoms with Crippen molar-refractivity contribution < 1.29 is 9.59 Å². The van der Waals surface area contributed by atoms with Crippen LogP contribution in [0.15, 0.2) is 0 Å². The van der Waals surface area contributed by atoms with Crippen molar-refractivity contribution in [1.82, 2.24) is 5.32 Å². The van der Waals surface area contributed by atoms with E-state index in [9.17, 15) is 9.59 Å². The van der Waals surface area contributed by atoms with Gasteiger partial charge in [-0.05, 0) is 0 Å². The molecule has 0 unspecified atom stereocenters. The van der Waals surface area contributed by atoms with E-state index in [4.69, 9.17) is 0 Å². The molecule has 0 rings (SSSR count). The van der Waals surface area contributed by atoms with Crippen LogP contribution in [0.4, 0.5) is 4.79 Å². The summed E-state index contributed by atoms with van der Waals surface area (Å²) in [5, 5.41) is 1.64. The molecule has 0 aromatic carbocycles. The largest absolute Gasteiger partial charge is 0.352 e. The maximum absolute atomic E-state index is 9.94. The van der Waals surface area contributed by atoms with Gasteiger partial charge in [0.2, 0.25) is 5.12 Å². The average molecular weight is 134 g/mol. The average Bonchev–Trinajstić information content (AvgIpc) is 1.61. The van der Waals surface area contributed by atoms with Gasteiger partial charge in [-0.25, -0.2) is 4.79 Å². The SMILES string of the molecule is NC(=O)NCC(=O)S. The lowest BCUT2D eigenvalue weighted by atomic mass is 10.7. The second-order valence-corrected chi connectivity index (χ2v) is 1.61. The number of nitrogens with two attached hydrogens (primary N) is 1. The van der Waals surface area contributed by atoms with Gasteiger partial charge in [0.1, 0.15) is 0 Å². The van der Waals surface area contributed by atoms with Crippen LogP contribution in [0, 0.1) is 0 Å². The fraction of sp³-hybridized carbons (Fsp3) is 0.333. The third kappa shape index (κ3) is 5.29. The van der Waals surface area contributed by atoms with E-state index < -0.39 is 11.1 Å². The molecular formula is C3H6N2O2S. The van der Waals surface area contributed by atoms with Crippen molar-refractivity contribution in [2.75, 3.05) is 6.54 Å². The first kappa shape index (κ1) is 7.29. The van der Waals surface area contributed by atoms with Gasteiger partial charge in [0.05, 0.1) is 6.54 Å². The minimum atomic E-state index is -0.715. The summed E-state index contributed by atoms with van der Waals surface area (Å²) >= 11 is 3.36. The molecular weight excluding hydrogens is 128 g/mol. The summed E-state index contributed by atoms with van der Waals surface area (Å²) in [7, 11) is 0. The van der Waals surface area contributed by atoms with Gasteiger partial charge < -0.3 is 11.1 Å². The summed E-state index contributed by atoms with van der Waals surface area (Å²) in [4.78, 5) is 19.8. The second kappa shape index (κ2) is 3.31. The number of amides is 2. The van der Waals surface area contributed by atoms with Crippen LogP contribution in [0.3, 0.4) is 0 Å². The van der Waals surface area contributed by atoms with Crippen molar-refractivity contribution in [1.29, 1.82) is 0 Å². The van der Waals surface area contributed by atoms with Gasteiger partial charge in [0, 0.05) is 0 Å². The molecule has 0 heterocycles. The molecule has 0 saturated heterocycles. The lowest BCUT2D eigenvalue weighted by Crippen LogP contribution is -2.32. The molecule has 0 spiro atoms. The van der Waals surface area contributed by atoms with Gasteiger partial charge >= 0.3 is 6.03 Å². The van der Waals surface area contributed by atoms with E-state index in [1.165, 1.54) is 0 Å². The molecule has 0 atom stereocenters. The van der Waals surface area contributed by atoms with Crippen molar-refractivity contribution in [2.24, 2.45) is 5.73 Å². The van der Waals surface area contributed by atoms with E-state index in [0.717, 1.165) is 0 Å². The van der Waals surface area contributed by atoms with Crippen LogP contribution < -0.4 is 11.1 Å². The highest BCUT2D eigenvalue weighted by atomic mass is 32.1. The Morgan fingerprint density at radius 2 is 2.12 bits per heavy atom. The highest BCUT2D eigenvalue weighted by molar-refractivity contribution is 7.96. The topological polar surface area (TPSA) is 72.2 Å². The van der Waals surface area contributed by atoms with Crippen LogP contribution in [-0.4, -0.2) is 17.7 Å². The third-order valence-electron chi connectivity index (χ3n) is 0.414. The van der Waals surface area contributed by atoms with Gasteiger partial charge in [0.25, 0.3) is 0 Å². The van der Waals surface area contributed by atoms with E-state index in [1.54, 1.807) is 0 Å². The second-order valence-electron chi connectivity index (χ2n) is 1.11. The van der Waals surface area contributed by atoms with Crippen molar-refractivity contribution in [3.05, 3.63) is 0 Å². The van der Waals surface area contributed by atoms with Crippen molar-refractivity contribution >= 4 is 23.8 Å². The number of thiol groups is 1. The predicted molar refractivity (Wildman–Crippen MR) is 31.6 cm³/mol. The van der Waals surface area contributed by atoms with Crippen LogP contribution in [0.1, 0.15) is 0 Å². The predicted octanol–water partition coefficient (Wildman–Crippen LogP) is -0.889. The van der Waals surface area contributed by atoms with Crippen molar-refractivity contribution in [3.8, 4) is 0 Å². The maximum Gasteiger partial charge on any atom is 0.312 e. The Labute approximate surface area is 51.8 Å². The van der Waals surface area contributed by atoms with E-state index in [2.05, 4.69) is 23.7 Å². The lowest BCUT2D eigenvalue weighted by molar-refractivity contribution is -0.109. The molecule has 0 bridgehead atoms. The Kier molecular flexibility index (Phi) is 3.02. The van der Waals surface area contributed by atoms with Gasteiger partial charge in [-0.3, -0.25) is 4.79 Å². The fourth-order valence-corrected chi connectivity index (χ4v) is 0.242. The Morgan fingerprint density at radius 1 is 1.62 bits per heavy atom. The summed E-state index contributed by atoms with van der Waals surface area (Å²) < 4.78 is 0. The number of primary amides is 1. The molecule has 2 amide bonds. The minimum absolute atomic E-state index is 0.113. The standard InChI is InChI=1S/C3H6N2O2S/c4-3(7)5-1-2(6)8/h1H2,(H,6,8)(H3,4,5,7). The minimum Gasteiger partial charge on any atom is -0.352 e. The molecule has 0 fully saturated rings. The molecule has 46 valence electrons. The normalized spacial score (nSPS) is 8.12. The van der Waals surface area contributed by atoms with Crippen molar-refractivity contribution in [2.45, 2.75) is 0 Å². The fourth-order valence-electron chi connectivity index (χ4n) is 0.163. The number of rotatable bonds is 2. The van der Waals surface area contributed by atoms with Crippen LogP contribution in [0.2, 0.25) is 0 Å². The summed E-state index contributed by atoms with van der Waals surface area (Å²) in [5.41, 5.74) is 4.60. The highest BCUT2D eigenvalue weighted by Crippen LogP contribution is 1.71. The van der Waals surface area contributed by atoms with E-state index in [1.807, 2.05) is 0 Å². The summed E-state index contributed by atoms with van der Waals surface area (Å²) in [6.45, 7) is -0.113. The Hall–Kier alpha value is -0.710. The molecule has 4 nitrogen and oxygen atoms in total. The number of hydrogen-bond donors (Lipinski definition) is 3. The van der Waals surface area contributed by atoms with Crippen molar-refractivity contribution in [3.63, 3.8) is 0 Å². The number of urea groups is 1. The first-order valence-electron chi connectivity index (χ1n) is 1.88. The molecule has 0 aliphatic heterocycles.